The Morgan fingerprint density at radius 1 is 1.40 bits per heavy atom. The molecule has 1 aromatic rings. The molecule has 0 heterocycles. The number of non-ortho nitro benzene ring substituents is 1. The van der Waals surface area contributed by atoms with Gasteiger partial charge in [0.25, 0.3) is 5.69 Å². The largest absolute Gasteiger partial charge is 0.352 e. The van der Waals surface area contributed by atoms with Crippen LogP contribution in [0, 0.1) is 16.0 Å². The van der Waals surface area contributed by atoms with Gasteiger partial charge in [-0.2, -0.15) is 0 Å². The van der Waals surface area contributed by atoms with Crippen LogP contribution in [-0.4, -0.2) is 23.4 Å². The summed E-state index contributed by atoms with van der Waals surface area (Å²) in [4.78, 5) is 21.9. The summed E-state index contributed by atoms with van der Waals surface area (Å²) in [5.74, 6) is 0.432. The van der Waals surface area contributed by atoms with Gasteiger partial charge in [0, 0.05) is 24.7 Å². The minimum atomic E-state index is -0.457. The predicted molar refractivity (Wildman–Crippen MR) is 77.8 cm³/mol. The summed E-state index contributed by atoms with van der Waals surface area (Å²) in [6.07, 6.45) is 2.47. The van der Waals surface area contributed by atoms with E-state index in [-0.39, 0.29) is 36.5 Å². The number of halogens is 1. The molecule has 0 aliphatic heterocycles. The highest BCUT2D eigenvalue weighted by molar-refractivity contribution is 5.85. The number of rotatable bonds is 6. The quantitative estimate of drug-likeness (QED) is 0.613. The predicted octanol–water partition coefficient (Wildman–Crippen LogP) is 1.41. The van der Waals surface area contributed by atoms with Crippen LogP contribution in [0.25, 0.3) is 0 Å². The summed E-state index contributed by atoms with van der Waals surface area (Å²) in [5, 5.41) is 13.4. The Morgan fingerprint density at radius 2 is 2.00 bits per heavy atom. The van der Waals surface area contributed by atoms with Gasteiger partial charge in [-0.15, -0.1) is 12.4 Å². The lowest BCUT2D eigenvalue weighted by molar-refractivity contribution is -0.384. The molecule has 20 heavy (non-hydrogen) atoms. The zero-order chi connectivity index (χ0) is 13.8. The van der Waals surface area contributed by atoms with Crippen molar-refractivity contribution >= 4 is 24.0 Å². The molecule has 1 aliphatic rings. The van der Waals surface area contributed by atoms with Gasteiger partial charge < -0.3 is 11.1 Å². The topological polar surface area (TPSA) is 98.3 Å². The molecule has 0 saturated heterocycles. The first kappa shape index (κ1) is 16.4. The normalized spacial score (nSPS) is 15.1. The molecular weight excluding hydrogens is 282 g/mol. The van der Waals surface area contributed by atoms with Crippen molar-refractivity contribution in [2.75, 3.05) is 6.54 Å². The Balaban J connectivity index is 0.00000200. The number of nitro groups is 1. The number of nitro benzene ring substituents is 1. The molecule has 1 saturated carbocycles. The molecule has 6 nitrogen and oxygen atoms in total. The van der Waals surface area contributed by atoms with E-state index in [0.717, 1.165) is 18.4 Å². The highest BCUT2D eigenvalue weighted by atomic mass is 35.5. The van der Waals surface area contributed by atoms with E-state index in [1.54, 1.807) is 12.1 Å². The minimum absolute atomic E-state index is 0. The van der Waals surface area contributed by atoms with Crippen LogP contribution in [0.5, 0.6) is 0 Å². The van der Waals surface area contributed by atoms with Crippen molar-refractivity contribution in [3.05, 3.63) is 39.9 Å². The average Bonchev–Trinajstić information content (AvgIpc) is 3.21. The fourth-order valence-corrected chi connectivity index (χ4v) is 2.05. The summed E-state index contributed by atoms with van der Waals surface area (Å²) >= 11 is 0. The van der Waals surface area contributed by atoms with Gasteiger partial charge in [0.1, 0.15) is 0 Å². The van der Waals surface area contributed by atoms with E-state index in [2.05, 4.69) is 5.32 Å². The molecule has 0 radical (unpaired) electrons. The first-order valence-corrected chi connectivity index (χ1v) is 6.33. The highest BCUT2D eigenvalue weighted by Gasteiger charge is 2.31. The number of hydrogen-bond acceptors (Lipinski definition) is 4. The molecule has 2 rings (SSSR count). The van der Waals surface area contributed by atoms with E-state index in [0.29, 0.717) is 12.5 Å². The second-order valence-corrected chi connectivity index (χ2v) is 4.85. The maximum absolute atomic E-state index is 11.8. The third kappa shape index (κ3) is 4.47. The molecule has 3 N–H and O–H groups in total. The van der Waals surface area contributed by atoms with Crippen LogP contribution < -0.4 is 11.1 Å². The number of carbonyl (C=O) groups excluding carboxylic acids is 1. The van der Waals surface area contributed by atoms with Gasteiger partial charge in [0.2, 0.25) is 5.91 Å². The number of nitrogens with zero attached hydrogens (tertiary/aromatic N) is 1. The van der Waals surface area contributed by atoms with Gasteiger partial charge in [0.05, 0.1) is 11.3 Å². The van der Waals surface area contributed by atoms with Crippen molar-refractivity contribution in [3.63, 3.8) is 0 Å². The number of amides is 1. The Bertz CT molecular complexity index is 474. The number of nitrogens with two attached hydrogens (primary N) is 1. The van der Waals surface area contributed by atoms with E-state index in [1.807, 2.05) is 0 Å². The molecule has 0 bridgehead atoms. The Labute approximate surface area is 123 Å². The fourth-order valence-electron chi connectivity index (χ4n) is 2.05. The molecule has 7 heteroatoms. The first-order chi connectivity index (χ1) is 9.10. The van der Waals surface area contributed by atoms with Gasteiger partial charge >= 0.3 is 0 Å². The summed E-state index contributed by atoms with van der Waals surface area (Å²) in [6, 6.07) is 6.08. The summed E-state index contributed by atoms with van der Waals surface area (Å²) in [6.45, 7) is 0.455. The van der Waals surface area contributed by atoms with Crippen LogP contribution in [0.15, 0.2) is 24.3 Å². The van der Waals surface area contributed by atoms with E-state index >= 15 is 0 Å². The molecule has 1 unspecified atom stereocenters. The van der Waals surface area contributed by atoms with Crippen molar-refractivity contribution in [2.24, 2.45) is 11.7 Å². The SMILES string of the molecule is Cl.NCC(NC(=O)Cc1ccc([N+](=O)[O-])cc1)C1CC1. The monoisotopic (exact) mass is 299 g/mol. The standard InChI is InChI=1S/C13H17N3O3.ClH/c14-8-12(10-3-4-10)15-13(17)7-9-1-5-11(6-2-9)16(18)19;/h1-2,5-6,10,12H,3-4,7-8,14H2,(H,15,17);1H. The lowest BCUT2D eigenvalue weighted by Crippen LogP contribution is -2.42. The zero-order valence-corrected chi connectivity index (χ0v) is 11.8. The van der Waals surface area contributed by atoms with Gasteiger partial charge in [0.15, 0.2) is 0 Å². The van der Waals surface area contributed by atoms with E-state index < -0.39 is 4.92 Å². The second-order valence-electron chi connectivity index (χ2n) is 4.85. The number of carbonyl (C=O) groups is 1. The average molecular weight is 300 g/mol. The van der Waals surface area contributed by atoms with E-state index in [4.69, 9.17) is 5.73 Å². The summed E-state index contributed by atoms with van der Waals surface area (Å²) < 4.78 is 0. The molecule has 0 aromatic heterocycles. The fraction of sp³-hybridized carbons (Fsp3) is 0.462. The minimum Gasteiger partial charge on any atom is -0.352 e. The van der Waals surface area contributed by atoms with Crippen LogP contribution in [0.3, 0.4) is 0 Å². The molecule has 0 spiro atoms. The van der Waals surface area contributed by atoms with Crippen molar-refractivity contribution in [1.29, 1.82) is 0 Å². The van der Waals surface area contributed by atoms with E-state index in [1.165, 1.54) is 12.1 Å². The second kappa shape index (κ2) is 7.21. The lowest BCUT2D eigenvalue weighted by Gasteiger charge is -2.15. The van der Waals surface area contributed by atoms with Crippen molar-refractivity contribution in [2.45, 2.75) is 25.3 Å². The van der Waals surface area contributed by atoms with Crippen LogP contribution in [0.2, 0.25) is 0 Å². The highest BCUT2D eigenvalue weighted by Crippen LogP contribution is 2.32. The van der Waals surface area contributed by atoms with Crippen molar-refractivity contribution in [3.8, 4) is 0 Å². The Morgan fingerprint density at radius 3 is 2.45 bits per heavy atom. The molecular formula is C13H18ClN3O3. The van der Waals surface area contributed by atoms with Crippen LogP contribution in [-0.2, 0) is 11.2 Å². The van der Waals surface area contributed by atoms with Crippen LogP contribution in [0.4, 0.5) is 5.69 Å². The van der Waals surface area contributed by atoms with Gasteiger partial charge in [-0.1, -0.05) is 12.1 Å². The molecule has 1 aromatic carbocycles. The smallest absolute Gasteiger partial charge is 0.269 e. The molecule has 1 atom stereocenters. The lowest BCUT2D eigenvalue weighted by atomic mass is 10.1. The van der Waals surface area contributed by atoms with Crippen LogP contribution >= 0.6 is 12.4 Å². The molecule has 1 fully saturated rings. The number of nitrogens with one attached hydrogen (secondary N) is 1. The van der Waals surface area contributed by atoms with Crippen molar-refractivity contribution in [1.82, 2.24) is 5.32 Å². The number of benzene rings is 1. The van der Waals surface area contributed by atoms with E-state index in [9.17, 15) is 14.9 Å². The van der Waals surface area contributed by atoms with Gasteiger partial charge in [-0.05, 0) is 24.3 Å². The molecule has 1 amide bonds. The third-order valence-corrected chi connectivity index (χ3v) is 3.30. The van der Waals surface area contributed by atoms with Gasteiger partial charge in [-0.3, -0.25) is 14.9 Å². The molecule has 1 aliphatic carbocycles. The maximum Gasteiger partial charge on any atom is 0.269 e. The van der Waals surface area contributed by atoms with Crippen molar-refractivity contribution < 1.29 is 9.72 Å². The zero-order valence-electron chi connectivity index (χ0n) is 11.0. The summed E-state index contributed by atoms with van der Waals surface area (Å²) in [5.41, 5.74) is 6.41. The third-order valence-electron chi connectivity index (χ3n) is 3.30. The first-order valence-electron chi connectivity index (χ1n) is 6.33. The number of hydrogen-bond donors (Lipinski definition) is 2. The van der Waals surface area contributed by atoms with Crippen LogP contribution in [0.1, 0.15) is 18.4 Å². The Hall–Kier alpha value is -1.66. The summed E-state index contributed by atoms with van der Waals surface area (Å²) in [7, 11) is 0. The maximum atomic E-state index is 11.8. The van der Waals surface area contributed by atoms with Gasteiger partial charge in [-0.25, -0.2) is 0 Å². The Kier molecular flexibility index (Phi) is 5.91. The molecule has 110 valence electrons.